The smallest absolute Gasteiger partial charge is 0.416 e. The van der Waals surface area contributed by atoms with Crippen LogP contribution in [0.2, 0.25) is 10.0 Å². The zero-order valence-corrected chi connectivity index (χ0v) is 22.7. The number of hydrogen-bond donors (Lipinski definition) is 2. The first-order valence-electron chi connectivity index (χ1n) is 12.7. The molecular weight excluding hydrogens is 551 g/mol. The number of aromatic nitrogens is 4. The maximum Gasteiger partial charge on any atom is 0.416 e. The number of nitrogens with one attached hydrogen (secondary N) is 2. The molecule has 1 atom stereocenters. The van der Waals surface area contributed by atoms with Gasteiger partial charge in [-0.25, -0.2) is 19.7 Å². The van der Waals surface area contributed by atoms with E-state index in [2.05, 4.69) is 25.3 Å². The first-order valence-corrected chi connectivity index (χ1v) is 13.4. The van der Waals surface area contributed by atoms with Crippen molar-refractivity contribution in [2.24, 2.45) is 0 Å². The minimum absolute atomic E-state index is 0.394. The van der Waals surface area contributed by atoms with Crippen LogP contribution in [-0.2, 0) is 6.42 Å². The molecule has 3 aromatic carbocycles. The SMILES string of the molecule is O=C(Oc1ccc(Cl)cc1)N1CCc2c([nH]c3ccc(Cl)cc23)C1c1ccc(OCCNc2ncncn2)cc1. The molecule has 0 saturated carbocycles. The number of halogens is 2. The lowest BCUT2D eigenvalue weighted by Crippen LogP contribution is -2.42. The van der Waals surface area contributed by atoms with Crippen molar-refractivity contribution in [3.05, 3.63) is 106 Å². The van der Waals surface area contributed by atoms with Gasteiger partial charge < -0.3 is 19.8 Å². The van der Waals surface area contributed by atoms with Crippen LogP contribution in [0, 0.1) is 0 Å². The van der Waals surface area contributed by atoms with E-state index in [1.807, 2.05) is 42.5 Å². The van der Waals surface area contributed by atoms with Crippen molar-refractivity contribution >= 4 is 46.1 Å². The van der Waals surface area contributed by atoms with E-state index in [-0.39, 0.29) is 0 Å². The van der Waals surface area contributed by atoms with Crippen LogP contribution in [0.25, 0.3) is 10.9 Å². The number of amides is 1. The van der Waals surface area contributed by atoms with Crippen molar-refractivity contribution in [3.63, 3.8) is 0 Å². The van der Waals surface area contributed by atoms with Gasteiger partial charge in [-0.05, 0) is 72.1 Å². The summed E-state index contributed by atoms with van der Waals surface area (Å²) in [7, 11) is 0. The number of fused-ring (bicyclic) bond motifs is 3. The third kappa shape index (κ3) is 5.52. The van der Waals surface area contributed by atoms with E-state index in [0.29, 0.717) is 53.6 Å². The Balaban J connectivity index is 1.25. The number of carbonyl (C=O) groups is 1. The average Bonchev–Trinajstić information content (AvgIpc) is 3.35. The van der Waals surface area contributed by atoms with E-state index in [0.717, 1.165) is 27.7 Å². The van der Waals surface area contributed by atoms with Crippen LogP contribution < -0.4 is 14.8 Å². The molecule has 40 heavy (non-hydrogen) atoms. The first kappa shape index (κ1) is 25.9. The topological polar surface area (TPSA) is 105 Å². The fourth-order valence-corrected chi connectivity index (χ4v) is 5.17. The molecule has 0 spiro atoms. The molecular formula is C29H24Cl2N6O3. The Labute approximate surface area is 240 Å². The van der Waals surface area contributed by atoms with Crippen molar-refractivity contribution in [2.75, 3.05) is 25.0 Å². The van der Waals surface area contributed by atoms with Crippen LogP contribution in [0.4, 0.5) is 10.7 Å². The van der Waals surface area contributed by atoms with Crippen molar-refractivity contribution in [1.29, 1.82) is 0 Å². The molecule has 1 unspecified atom stereocenters. The Kier molecular flexibility index (Phi) is 7.39. The molecule has 0 saturated heterocycles. The minimum Gasteiger partial charge on any atom is -0.492 e. The van der Waals surface area contributed by atoms with E-state index < -0.39 is 12.1 Å². The van der Waals surface area contributed by atoms with E-state index in [9.17, 15) is 4.79 Å². The number of H-pyrrole nitrogens is 1. The average molecular weight is 575 g/mol. The summed E-state index contributed by atoms with van der Waals surface area (Å²) in [4.78, 5) is 30.6. The van der Waals surface area contributed by atoms with Crippen LogP contribution >= 0.6 is 23.2 Å². The molecule has 0 fully saturated rings. The van der Waals surface area contributed by atoms with Gasteiger partial charge in [0.25, 0.3) is 0 Å². The standard InChI is InChI=1S/C29H24Cl2N6O3/c30-19-3-8-22(9-4-19)40-29(38)37-13-11-23-24-15-20(31)5-10-25(24)36-26(23)27(37)18-1-6-21(7-2-18)39-14-12-33-28-34-16-32-17-35-28/h1-10,15-17,27,36H,11-14H2,(H,32,33,34,35). The van der Waals surface area contributed by atoms with Gasteiger partial charge in [-0.15, -0.1) is 0 Å². The van der Waals surface area contributed by atoms with Crippen LogP contribution in [0.3, 0.4) is 0 Å². The Hall–Kier alpha value is -4.34. The van der Waals surface area contributed by atoms with Crippen LogP contribution in [0.5, 0.6) is 11.5 Å². The van der Waals surface area contributed by atoms with Gasteiger partial charge in [-0.1, -0.05) is 35.3 Å². The summed E-state index contributed by atoms with van der Waals surface area (Å²) in [6.07, 6.45) is 3.08. The maximum atomic E-state index is 13.5. The number of rotatable bonds is 7. The van der Waals surface area contributed by atoms with Gasteiger partial charge in [0.05, 0.1) is 6.54 Å². The van der Waals surface area contributed by atoms with Crippen molar-refractivity contribution < 1.29 is 14.3 Å². The molecule has 1 aliphatic rings. The molecule has 3 heterocycles. The van der Waals surface area contributed by atoms with Crippen molar-refractivity contribution in [3.8, 4) is 11.5 Å². The quantitative estimate of drug-likeness (QED) is 0.220. The lowest BCUT2D eigenvalue weighted by atomic mass is 9.92. The predicted molar refractivity (Wildman–Crippen MR) is 153 cm³/mol. The first-order chi connectivity index (χ1) is 19.5. The van der Waals surface area contributed by atoms with E-state index in [1.54, 1.807) is 29.2 Å². The summed E-state index contributed by atoms with van der Waals surface area (Å²) in [6, 6.07) is 19.9. The van der Waals surface area contributed by atoms with Crippen molar-refractivity contribution in [2.45, 2.75) is 12.5 Å². The largest absolute Gasteiger partial charge is 0.492 e. The number of hydrogen-bond acceptors (Lipinski definition) is 7. The molecule has 11 heteroatoms. The highest BCUT2D eigenvalue weighted by atomic mass is 35.5. The summed E-state index contributed by atoms with van der Waals surface area (Å²) in [5.74, 6) is 1.63. The number of anilines is 1. The summed E-state index contributed by atoms with van der Waals surface area (Å²) >= 11 is 12.3. The number of benzene rings is 3. The monoisotopic (exact) mass is 574 g/mol. The Morgan fingerprint density at radius 2 is 1.70 bits per heavy atom. The number of nitrogens with zero attached hydrogens (tertiary/aromatic N) is 4. The minimum atomic E-state index is -0.445. The third-order valence-electron chi connectivity index (χ3n) is 6.69. The molecule has 2 N–H and O–H groups in total. The molecule has 1 amide bonds. The second-order valence-electron chi connectivity index (χ2n) is 9.18. The van der Waals surface area contributed by atoms with E-state index in [4.69, 9.17) is 32.7 Å². The van der Waals surface area contributed by atoms with Crippen LogP contribution in [0.15, 0.2) is 79.4 Å². The summed E-state index contributed by atoms with van der Waals surface area (Å²) < 4.78 is 11.6. The summed E-state index contributed by atoms with van der Waals surface area (Å²) in [5.41, 5.74) is 3.97. The molecule has 6 rings (SSSR count). The molecule has 0 aliphatic carbocycles. The second-order valence-corrected chi connectivity index (χ2v) is 10.1. The highest BCUT2D eigenvalue weighted by Gasteiger charge is 2.35. The molecule has 9 nitrogen and oxygen atoms in total. The fourth-order valence-electron chi connectivity index (χ4n) is 4.87. The second kappa shape index (κ2) is 11.4. The van der Waals surface area contributed by atoms with Gasteiger partial charge in [-0.3, -0.25) is 4.90 Å². The third-order valence-corrected chi connectivity index (χ3v) is 7.17. The van der Waals surface area contributed by atoms with E-state index in [1.165, 1.54) is 12.7 Å². The zero-order valence-electron chi connectivity index (χ0n) is 21.2. The Bertz CT molecular complexity index is 1630. The number of aromatic amines is 1. The van der Waals surface area contributed by atoms with Crippen LogP contribution in [-0.4, -0.2) is 50.6 Å². The van der Waals surface area contributed by atoms with Crippen LogP contribution in [0.1, 0.15) is 22.9 Å². The summed E-state index contributed by atoms with van der Waals surface area (Å²) in [6.45, 7) is 1.42. The van der Waals surface area contributed by atoms with Gasteiger partial charge in [-0.2, -0.15) is 0 Å². The molecule has 0 radical (unpaired) electrons. The normalized spacial score (nSPS) is 14.6. The van der Waals surface area contributed by atoms with Gasteiger partial charge in [0.15, 0.2) is 0 Å². The molecule has 5 aromatic rings. The molecule has 202 valence electrons. The highest BCUT2D eigenvalue weighted by Crippen LogP contribution is 2.40. The van der Waals surface area contributed by atoms with Gasteiger partial charge in [0.2, 0.25) is 5.95 Å². The van der Waals surface area contributed by atoms with Gasteiger partial charge in [0.1, 0.15) is 36.8 Å². The highest BCUT2D eigenvalue weighted by molar-refractivity contribution is 6.31. The van der Waals surface area contributed by atoms with Gasteiger partial charge in [0, 0.05) is 33.2 Å². The molecule has 1 aliphatic heterocycles. The number of carbonyl (C=O) groups excluding carboxylic acids is 1. The molecule has 0 bridgehead atoms. The molecule has 2 aromatic heterocycles. The van der Waals surface area contributed by atoms with Gasteiger partial charge >= 0.3 is 6.09 Å². The number of ether oxygens (including phenoxy) is 2. The maximum absolute atomic E-state index is 13.5. The lowest BCUT2D eigenvalue weighted by Gasteiger charge is -2.35. The predicted octanol–water partition coefficient (Wildman–Crippen LogP) is 6.30. The zero-order chi connectivity index (χ0) is 27.5. The Morgan fingerprint density at radius 1 is 0.975 bits per heavy atom. The Morgan fingerprint density at radius 3 is 2.48 bits per heavy atom. The summed E-state index contributed by atoms with van der Waals surface area (Å²) in [5, 5.41) is 5.38. The van der Waals surface area contributed by atoms with E-state index >= 15 is 0 Å². The fraction of sp³-hybridized carbons (Fsp3) is 0.172. The van der Waals surface area contributed by atoms with Crippen molar-refractivity contribution in [1.82, 2.24) is 24.8 Å². The lowest BCUT2D eigenvalue weighted by molar-refractivity contribution is 0.135.